The monoisotopic (exact) mass is 391 g/mol. The molecule has 1 saturated heterocycles. The van der Waals surface area contributed by atoms with Gasteiger partial charge < -0.3 is 19.7 Å². The molecule has 1 aromatic carbocycles. The van der Waals surface area contributed by atoms with Crippen molar-refractivity contribution in [2.45, 2.75) is 40.7 Å². The second-order valence-corrected chi connectivity index (χ2v) is 8.37. The van der Waals surface area contributed by atoms with Crippen LogP contribution in [0.5, 0.6) is 11.5 Å². The van der Waals surface area contributed by atoms with E-state index in [0.29, 0.717) is 18.4 Å². The van der Waals surface area contributed by atoms with Crippen LogP contribution in [0.2, 0.25) is 0 Å². The van der Waals surface area contributed by atoms with Crippen molar-refractivity contribution >= 4 is 6.03 Å². The molecule has 0 bridgehead atoms. The standard InChI is InChI=1S/C22H37N3O3/c1-17(2)8-9-23-22(26)25-12-10-24(11-13-25)15-19-6-7-20(21(14-19)27-5)28-16-18(3)4/h6-7,14,17-18H,8-13,15-16H2,1-5H3,(H,23,26). The zero-order chi connectivity index (χ0) is 20.5. The predicted octanol–water partition coefficient (Wildman–Crippen LogP) is 3.60. The summed E-state index contributed by atoms with van der Waals surface area (Å²) in [6, 6.07) is 6.22. The molecule has 6 nitrogen and oxygen atoms in total. The fourth-order valence-corrected chi connectivity index (χ4v) is 3.13. The largest absolute Gasteiger partial charge is 0.493 e. The molecule has 158 valence electrons. The van der Waals surface area contributed by atoms with Crippen molar-refractivity contribution < 1.29 is 14.3 Å². The molecular formula is C22H37N3O3. The summed E-state index contributed by atoms with van der Waals surface area (Å²) in [4.78, 5) is 16.5. The molecule has 28 heavy (non-hydrogen) atoms. The molecule has 1 aromatic rings. The first-order chi connectivity index (χ1) is 13.4. The number of amides is 2. The lowest BCUT2D eigenvalue weighted by Crippen LogP contribution is -2.51. The third-order valence-corrected chi connectivity index (χ3v) is 4.86. The van der Waals surface area contributed by atoms with Crippen LogP contribution in [0.1, 0.15) is 39.7 Å². The number of hydrogen-bond acceptors (Lipinski definition) is 4. The minimum absolute atomic E-state index is 0.0635. The SMILES string of the molecule is COc1cc(CN2CCN(C(=O)NCCC(C)C)CC2)ccc1OCC(C)C. The molecule has 0 unspecified atom stereocenters. The molecule has 1 heterocycles. The van der Waals surface area contributed by atoms with Crippen LogP contribution in [0.25, 0.3) is 0 Å². The lowest BCUT2D eigenvalue weighted by molar-refractivity contribution is 0.135. The molecular weight excluding hydrogens is 354 g/mol. The normalized spacial score (nSPS) is 15.2. The molecule has 0 aliphatic carbocycles. The van der Waals surface area contributed by atoms with Crippen LogP contribution in [0, 0.1) is 11.8 Å². The van der Waals surface area contributed by atoms with Crippen LogP contribution in [0.15, 0.2) is 18.2 Å². The summed E-state index contributed by atoms with van der Waals surface area (Å²) in [5, 5.41) is 3.03. The quantitative estimate of drug-likeness (QED) is 0.699. The summed E-state index contributed by atoms with van der Waals surface area (Å²) in [7, 11) is 1.68. The van der Waals surface area contributed by atoms with Gasteiger partial charge in [0.1, 0.15) is 0 Å². The molecule has 0 radical (unpaired) electrons. The van der Waals surface area contributed by atoms with Crippen molar-refractivity contribution in [2.75, 3.05) is 46.4 Å². The summed E-state index contributed by atoms with van der Waals surface area (Å²) in [6.07, 6.45) is 1.02. The molecule has 1 aliphatic heterocycles. The van der Waals surface area contributed by atoms with Gasteiger partial charge in [-0.15, -0.1) is 0 Å². The molecule has 1 fully saturated rings. The molecule has 1 aliphatic rings. The number of nitrogens with one attached hydrogen (secondary N) is 1. The van der Waals surface area contributed by atoms with Crippen molar-refractivity contribution in [3.63, 3.8) is 0 Å². The van der Waals surface area contributed by atoms with E-state index in [9.17, 15) is 4.79 Å². The molecule has 0 saturated carbocycles. The summed E-state index contributed by atoms with van der Waals surface area (Å²) in [6.45, 7) is 14.2. The van der Waals surface area contributed by atoms with Crippen molar-refractivity contribution in [3.8, 4) is 11.5 Å². The Morgan fingerprint density at radius 3 is 2.39 bits per heavy atom. The number of rotatable bonds is 9. The van der Waals surface area contributed by atoms with Gasteiger partial charge in [0.25, 0.3) is 0 Å². The molecule has 1 N–H and O–H groups in total. The third-order valence-electron chi connectivity index (χ3n) is 4.86. The minimum Gasteiger partial charge on any atom is -0.493 e. The maximum absolute atomic E-state index is 12.2. The second-order valence-electron chi connectivity index (χ2n) is 8.37. The summed E-state index contributed by atoms with van der Waals surface area (Å²) in [5.41, 5.74) is 1.20. The van der Waals surface area contributed by atoms with E-state index in [1.165, 1.54) is 5.56 Å². The lowest BCUT2D eigenvalue weighted by Gasteiger charge is -2.34. The highest BCUT2D eigenvalue weighted by molar-refractivity contribution is 5.74. The van der Waals surface area contributed by atoms with Gasteiger partial charge in [-0.1, -0.05) is 33.8 Å². The third kappa shape index (κ3) is 7.23. The van der Waals surface area contributed by atoms with E-state index in [2.05, 4.69) is 50.0 Å². The van der Waals surface area contributed by atoms with Crippen LogP contribution in [-0.2, 0) is 6.54 Å². The number of benzene rings is 1. The van der Waals surface area contributed by atoms with Crippen LogP contribution >= 0.6 is 0 Å². The summed E-state index contributed by atoms with van der Waals surface area (Å²) >= 11 is 0. The Morgan fingerprint density at radius 1 is 1.07 bits per heavy atom. The van der Waals surface area contributed by atoms with Gasteiger partial charge in [0.2, 0.25) is 0 Å². The molecule has 0 aromatic heterocycles. The Kier molecular flexibility index (Phi) is 8.90. The maximum Gasteiger partial charge on any atom is 0.317 e. The van der Waals surface area contributed by atoms with Crippen molar-refractivity contribution in [1.82, 2.24) is 15.1 Å². The number of carbonyl (C=O) groups excluding carboxylic acids is 1. The Bertz CT molecular complexity index is 611. The predicted molar refractivity (Wildman–Crippen MR) is 113 cm³/mol. The van der Waals surface area contributed by atoms with Gasteiger partial charge in [0.15, 0.2) is 11.5 Å². The van der Waals surface area contributed by atoms with Crippen molar-refractivity contribution in [1.29, 1.82) is 0 Å². The fraction of sp³-hybridized carbons (Fsp3) is 0.682. The average Bonchev–Trinajstić information content (AvgIpc) is 2.67. The van der Waals surface area contributed by atoms with Crippen LogP contribution < -0.4 is 14.8 Å². The van der Waals surface area contributed by atoms with Gasteiger partial charge >= 0.3 is 6.03 Å². The topological polar surface area (TPSA) is 54.0 Å². The maximum atomic E-state index is 12.2. The minimum atomic E-state index is 0.0635. The summed E-state index contributed by atoms with van der Waals surface area (Å²) in [5.74, 6) is 2.66. The van der Waals surface area contributed by atoms with Crippen molar-refractivity contribution in [3.05, 3.63) is 23.8 Å². The first-order valence-electron chi connectivity index (χ1n) is 10.4. The fourth-order valence-electron chi connectivity index (χ4n) is 3.13. The highest BCUT2D eigenvalue weighted by Gasteiger charge is 2.21. The van der Waals surface area contributed by atoms with E-state index < -0.39 is 0 Å². The van der Waals surface area contributed by atoms with E-state index >= 15 is 0 Å². The number of hydrogen-bond donors (Lipinski definition) is 1. The van der Waals surface area contributed by atoms with Gasteiger partial charge in [-0.25, -0.2) is 4.79 Å². The number of nitrogens with zero attached hydrogens (tertiary/aromatic N) is 2. The molecule has 0 spiro atoms. The number of methoxy groups -OCH3 is 1. The number of piperazine rings is 1. The van der Waals surface area contributed by atoms with Crippen LogP contribution in [0.3, 0.4) is 0 Å². The van der Waals surface area contributed by atoms with Gasteiger partial charge in [-0.05, 0) is 36.0 Å². The lowest BCUT2D eigenvalue weighted by atomic mass is 10.1. The van der Waals surface area contributed by atoms with E-state index in [1.807, 2.05) is 11.0 Å². The summed E-state index contributed by atoms with van der Waals surface area (Å²) < 4.78 is 11.3. The first kappa shape index (κ1) is 22.3. The molecule has 2 amide bonds. The van der Waals surface area contributed by atoms with Gasteiger partial charge in [0, 0.05) is 39.3 Å². The Hall–Kier alpha value is -1.95. The zero-order valence-electron chi connectivity index (χ0n) is 18.2. The van der Waals surface area contributed by atoms with E-state index in [0.717, 1.165) is 57.2 Å². The smallest absolute Gasteiger partial charge is 0.317 e. The number of urea groups is 1. The highest BCUT2D eigenvalue weighted by Crippen LogP contribution is 2.29. The van der Waals surface area contributed by atoms with Crippen LogP contribution in [0.4, 0.5) is 4.79 Å². The van der Waals surface area contributed by atoms with Crippen LogP contribution in [-0.4, -0.2) is 62.3 Å². The highest BCUT2D eigenvalue weighted by atomic mass is 16.5. The van der Waals surface area contributed by atoms with E-state index in [1.54, 1.807) is 7.11 Å². The zero-order valence-corrected chi connectivity index (χ0v) is 18.2. The molecule has 2 rings (SSSR count). The Balaban J connectivity index is 1.81. The van der Waals surface area contributed by atoms with Crippen molar-refractivity contribution in [2.24, 2.45) is 11.8 Å². The van der Waals surface area contributed by atoms with Gasteiger partial charge in [0.05, 0.1) is 13.7 Å². The number of ether oxygens (including phenoxy) is 2. The van der Waals surface area contributed by atoms with Gasteiger partial charge in [-0.2, -0.15) is 0 Å². The first-order valence-corrected chi connectivity index (χ1v) is 10.4. The average molecular weight is 392 g/mol. The molecule has 0 atom stereocenters. The molecule has 6 heteroatoms. The second kappa shape index (κ2) is 11.1. The van der Waals surface area contributed by atoms with Gasteiger partial charge in [-0.3, -0.25) is 4.90 Å². The Labute approximate surface area is 170 Å². The van der Waals surface area contributed by atoms with E-state index in [-0.39, 0.29) is 6.03 Å². The van der Waals surface area contributed by atoms with E-state index in [4.69, 9.17) is 9.47 Å². The number of carbonyl (C=O) groups is 1. The Morgan fingerprint density at radius 2 is 1.79 bits per heavy atom.